The normalized spacial score (nSPS) is 21.6. The Morgan fingerprint density at radius 1 is 1.17 bits per heavy atom. The summed E-state index contributed by atoms with van der Waals surface area (Å²) in [7, 11) is 0. The van der Waals surface area contributed by atoms with Crippen molar-refractivity contribution >= 4 is 11.6 Å². The van der Waals surface area contributed by atoms with Crippen LogP contribution in [-0.2, 0) is 6.42 Å². The molecule has 98 valence electrons. The zero-order valence-electron chi connectivity index (χ0n) is 10.9. The first-order chi connectivity index (χ1) is 8.83. The molecule has 1 nitrogen and oxygen atoms in total. The molecule has 1 N–H and O–H groups in total. The third-order valence-corrected chi connectivity index (χ3v) is 4.87. The van der Waals surface area contributed by atoms with Crippen molar-refractivity contribution in [2.24, 2.45) is 11.8 Å². The molecule has 1 atom stereocenters. The van der Waals surface area contributed by atoms with Crippen LogP contribution in [0.2, 0.25) is 5.02 Å². The quantitative estimate of drug-likeness (QED) is 0.817. The standard InChI is InChI=1S/C16H22ClN/c17-16-7-2-1-4-13(16)10-14(12-5-3-6-12)11-18-15-8-9-15/h1-2,4,7,12,14-15,18H,3,5-6,8-11H2. The monoisotopic (exact) mass is 263 g/mol. The predicted molar refractivity (Wildman–Crippen MR) is 77.0 cm³/mol. The van der Waals surface area contributed by atoms with Crippen LogP contribution < -0.4 is 5.32 Å². The summed E-state index contributed by atoms with van der Waals surface area (Å²) in [5.41, 5.74) is 1.33. The molecule has 2 saturated carbocycles. The Bertz CT molecular complexity index is 396. The second-order valence-electron chi connectivity index (χ2n) is 5.93. The lowest BCUT2D eigenvalue weighted by Crippen LogP contribution is -2.34. The molecular formula is C16H22ClN. The molecular weight excluding hydrogens is 242 g/mol. The molecule has 2 heteroatoms. The van der Waals surface area contributed by atoms with Crippen LogP contribution in [0.15, 0.2) is 24.3 Å². The highest BCUT2D eigenvalue weighted by Gasteiger charge is 2.29. The summed E-state index contributed by atoms with van der Waals surface area (Å²) < 4.78 is 0. The largest absolute Gasteiger partial charge is 0.314 e. The highest BCUT2D eigenvalue weighted by molar-refractivity contribution is 6.31. The topological polar surface area (TPSA) is 12.0 Å². The first-order valence-electron chi connectivity index (χ1n) is 7.29. The summed E-state index contributed by atoms with van der Waals surface area (Å²) >= 11 is 6.29. The van der Waals surface area contributed by atoms with Gasteiger partial charge in [0.15, 0.2) is 0 Å². The first kappa shape index (κ1) is 12.5. The van der Waals surface area contributed by atoms with Crippen LogP contribution in [-0.4, -0.2) is 12.6 Å². The van der Waals surface area contributed by atoms with Crippen LogP contribution in [0.5, 0.6) is 0 Å². The number of benzene rings is 1. The smallest absolute Gasteiger partial charge is 0.0438 e. The van der Waals surface area contributed by atoms with E-state index in [4.69, 9.17) is 11.6 Å². The van der Waals surface area contributed by atoms with E-state index in [0.717, 1.165) is 29.3 Å². The van der Waals surface area contributed by atoms with Gasteiger partial charge in [-0.3, -0.25) is 0 Å². The van der Waals surface area contributed by atoms with Gasteiger partial charge in [-0.2, -0.15) is 0 Å². The summed E-state index contributed by atoms with van der Waals surface area (Å²) in [5, 5.41) is 4.64. The van der Waals surface area contributed by atoms with E-state index in [2.05, 4.69) is 17.4 Å². The van der Waals surface area contributed by atoms with Gasteiger partial charge < -0.3 is 5.32 Å². The fourth-order valence-corrected chi connectivity index (χ4v) is 3.08. The molecule has 0 amide bonds. The number of hydrogen-bond acceptors (Lipinski definition) is 1. The first-order valence-corrected chi connectivity index (χ1v) is 7.67. The van der Waals surface area contributed by atoms with Crippen molar-refractivity contribution in [2.45, 2.75) is 44.6 Å². The van der Waals surface area contributed by atoms with Gasteiger partial charge >= 0.3 is 0 Å². The van der Waals surface area contributed by atoms with Gasteiger partial charge in [0.05, 0.1) is 0 Å². The second kappa shape index (κ2) is 5.63. The lowest BCUT2D eigenvalue weighted by Gasteiger charge is -2.34. The lowest BCUT2D eigenvalue weighted by molar-refractivity contribution is 0.199. The molecule has 0 heterocycles. The third-order valence-electron chi connectivity index (χ3n) is 4.50. The summed E-state index contributed by atoms with van der Waals surface area (Å²) in [5.74, 6) is 1.70. The Balaban J connectivity index is 1.62. The van der Waals surface area contributed by atoms with Gasteiger partial charge in [0.1, 0.15) is 0 Å². The molecule has 2 fully saturated rings. The van der Waals surface area contributed by atoms with E-state index in [1.807, 2.05) is 12.1 Å². The minimum atomic E-state index is 0.777. The van der Waals surface area contributed by atoms with Crippen LogP contribution >= 0.6 is 11.6 Å². The minimum absolute atomic E-state index is 0.777. The highest BCUT2D eigenvalue weighted by atomic mass is 35.5. The predicted octanol–water partition coefficient (Wildman–Crippen LogP) is 4.05. The van der Waals surface area contributed by atoms with Crippen molar-refractivity contribution in [2.75, 3.05) is 6.54 Å². The average Bonchev–Trinajstić information content (AvgIpc) is 3.10. The molecule has 0 radical (unpaired) electrons. The molecule has 0 aliphatic heterocycles. The zero-order chi connectivity index (χ0) is 12.4. The van der Waals surface area contributed by atoms with E-state index in [0.29, 0.717) is 0 Å². The van der Waals surface area contributed by atoms with Gasteiger partial charge in [0.2, 0.25) is 0 Å². The van der Waals surface area contributed by atoms with Crippen molar-refractivity contribution < 1.29 is 0 Å². The summed E-state index contributed by atoms with van der Waals surface area (Å²) in [6, 6.07) is 9.15. The van der Waals surface area contributed by atoms with E-state index in [-0.39, 0.29) is 0 Å². The average molecular weight is 264 g/mol. The van der Waals surface area contributed by atoms with Crippen molar-refractivity contribution in [1.82, 2.24) is 5.32 Å². The maximum Gasteiger partial charge on any atom is 0.0438 e. The SMILES string of the molecule is Clc1ccccc1CC(CNC1CC1)C1CCC1. The number of nitrogens with one attached hydrogen (secondary N) is 1. The van der Waals surface area contributed by atoms with E-state index < -0.39 is 0 Å². The van der Waals surface area contributed by atoms with Gasteiger partial charge in [-0.15, -0.1) is 0 Å². The van der Waals surface area contributed by atoms with E-state index >= 15 is 0 Å². The maximum atomic E-state index is 6.29. The fourth-order valence-electron chi connectivity index (χ4n) is 2.87. The molecule has 0 aromatic heterocycles. The van der Waals surface area contributed by atoms with Gasteiger partial charge in [-0.05, 0) is 49.3 Å². The Morgan fingerprint density at radius 2 is 1.94 bits per heavy atom. The van der Waals surface area contributed by atoms with Gasteiger partial charge in [-0.25, -0.2) is 0 Å². The van der Waals surface area contributed by atoms with Gasteiger partial charge in [0, 0.05) is 11.1 Å². The summed E-state index contributed by atoms with van der Waals surface area (Å²) in [4.78, 5) is 0. The molecule has 0 saturated heterocycles. The van der Waals surface area contributed by atoms with E-state index in [1.165, 1.54) is 44.2 Å². The number of halogens is 1. The number of hydrogen-bond donors (Lipinski definition) is 1. The Morgan fingerprint density at radius 3 is 2.56 bits per heavy atom. The fraction of sp³-hybridized carbons (Fsp3) is 0.625. The number of rotatable bonds is 6. The molecule has 3 rings (SSSR count). The zero-order valence-corrected chi connectivity index (χ0v) is 11.6. The van der Waals surface area contributed by atoms with Crippen LogP contribution in [0.3, 0.4) is 0 Å². The maximum absolute atomic E-state index is 6.29. The van der Waals surface area contributed by atoms with Crippen molar-refractivity contribution in [3.8, 4) is 0 Å². The second-order valence-corrected chi connectivity index (χ2v) is 6.34. The molecule has 2 aliphatic rings. The van der Waals surface area contributed by atoms with E-state index in [1.54, 1.807) is 0 Å². The molecule has 1 aromatic rings. The molecule has 1 unspecified atom stereocenters. The van der Waals surface area contributed by atoms with Gasteiger partial charge in [-0.1, -0.05) is 49.1 Å². The third kappa shape index (κ3) is 3.07. The van der Waals surface area contributed by atoms with E-state index in [9.17, 15) is 0 Å². The molecule has 0 bridgehead atoms. The minimum Gasteiger partial charge on any atom is -0.314 e. The van der Waals surface area contributed by atoms with Crippen molar-refractivity contribution in [1.29, 1.82) is 0 Å². The molecule has 2 aliphatic carbocycles. The van der Waals surface area contributed by atoms with Crippen LogP contribution in [0, 0.1) is 11.8 Å². The van der Waals surface area contributed by atoms with Crippen LogP contribution in [0.25, 0.3) is 0 Å². The van der Waals surface area contributed by atoms with Crippen molar-refractivity contribution in [3.05, 3.63) is 34.9 Å². The summed E-state index contributed by atoms with van der Waals surface area (Å²) in [6.45, 7) is 1.18. The lowest BCUT2D eigenvalue weighted by atomic mass is 9.73. The Labute approximate surface area is 115 Å². The molecule has 1 aromatic carbocycles. The Kier molecular flexibility index (Phi) is 3.91. The highest BCUT2D eigenvalue weighted by Crippen LogP contribution is 2.36. The molecule has 18 heavy (non-hydrogen) atoms. The van der Waals surface area contributed by atoms with Gasteiger partial charge in [0.25, 0.3) is 0 Å². The molecule has 0 spiro atoms. The van der Waals surface area contributed by atoms with Crippen LogP contribution in [0.1, 0.15) is 37.7 Å². The Hall–Kier alpha value is -0.530. The van der Waals surface area contributed by atoms with Crippen molar-refractivity contribution in [3.63, 3.8) is 0 Å². The summed E-state index contributed by atoms with van der Waals surface area (Å²) in [6.07, 6.45) is 8.16. The van der Waals surface area contributed by atoms with Crippen LogP contribution in [0.4, 0.5) is 0 Å².